The Hall–Kier alpha value is -1.53. The van der Waals surface area contributed by atoms with Gasteiger partial charge >= 0.3 is 0 Å². The number of hydrogen-bond acceptors (Lipinski definition) is 3. The lowest BCUT2D eigenvalue weighted by Crippen LogP contribution is -2.52. The van der Waals surface area contributed by atoms with E-state index in [-0.39, 0.29) is 11.7 Å². The van der Waals surface area contributed by atoms with Crippen molar-refractivity contribution in [1.82, 2.24) is 0 Å². The van der Waals surface area contributed by atoms with Crippen LogP contribution in [0.5, 0.6) is 0 Å². The molecule has 1 aliphatic heterocycles. The SMILES string of the molecule is CC1CN(c2ccccc2C#N)CC(C)(C)O1. The van der Waals surface area contributed by atoms with Crippen LogP contribution in [-0.2, 0) is 4.74 Å². The first kappa shape index (κ1) is 11.9. The van der Waals surface area contributed by atoms with Gasteiger partial charge in [-0.2, -0.15) is 5.26 Å². The minimum absolute atomic E-state index is 0.166. The molecule has 1 aliphatic rings. The number of ether oxygens (including phenoxy) is 1. The molecule has 1 aromatic rings. The van der Waals surface area contributed by atoms with Gasteiger partial charge in [0.2, 0.25) is 0 Å². The summed E-state index contributed by atoms with van der Waals surface area (Å²) in [5, 5.41) is 9.14. The van der Waals surface area contributed by atoms with Crippen LogP contribution in [0.4, 0.5) is 5.69 Å². The van der Waals surface area contributed by atoms with Crippen LogP contribution in [0, 0.1) is 11.3 Å². The summed E-state index contributed by atoms with van der Waals surface area (Å²) in [4.78, 5) is 2.24. The van der Waals surface area contributed by atoms with Crippen molar-refractivity contribution in [2.45, 2.75) is 32.5 Å². The van der Waals surface area contributed by atoms with Crippen molar-refractivity contribution in [3.8, 4) is 6.07 Å². The largest absolute Gasteiger partial charge is 0.369 e. The molecule has 0 amide bonds. The number of morpholine rings is 1. The molecule has 1 atom stereocenters. The second-order valence-electron chi connectivity index (χ2n) is 5.20. The Bertz CT molecular complexity index is 448. The van der Waals surface area contributed by atoms with Crippen molar-refractivity contribution in [1.29, 1.82) is 5.26 Å². The maximum Gasteiger partial charge on any atom is 0.101 e. The summed E-state index contributed by atoms with van der Waals surface area (Å²) in [6, 6.07) is 10.00. The molecule has 1 unspecified atom stereocenters. The first-order valence-electron chi connectivity index (χ1n) is 5.94. The van der Waals surface area contributed by atoms with Crippen molar-refractivity contribution in [2.24, 2.45) is 0 Å². The molecule has 1 saturated heterocycles. The topological polar surface area (TPSA) is 36.3 Å². The number of benzene rings is 1. The highest BCUT2D eigenvalue weighted by Gasteiger charge is 2.32. The lowest BCUT2D eigenvalue weighted by molar-refractivity contribution is -0.0749. The average Bonchev–Trinajstić information content (AvgIpc) is 2.26. The molecule has 3 nitrogen and oxygen atoms in total. The predicted molar refractivity (Wildman–Crippen MR) is 68.0 cm³/mol. The monoisotopic (exact) mass is 230 g/mol. The molecule has 0 aromatic heterocycles. The summed E-state index contributed by atoms with van der Waals surface area (Å²) in [5.41, 5.74) is 1.58. The summed E-state index contributed by atoms with van der Waals surface area (Å²) in [6.45, 7) is 7.90. The molecule has 90 valence electrons. The molecule has 1 heterocycles. The number of nitrogens with zero attached hydrogens (tertiary/aromatic N) is 2. The Morgan fingerprint density at radius 2 is 2.12 bits per heavy atom. The van der Waals surface area contributed by atoms with Gasteiger partial charge in [-0.15, -0.1) is 0 Å². The van der Waals surface area contributed by atoms with Crippen molar-refractivity contribution in [3.05, 3.63) is 29.8 Å². The molecular weight excluding hydrogens is 212 g/mol. The fourth-order valence-electron chi connectivity index (χ4n) is 2.48. The van der Waals surface area contributed by atoms with E-state index in [0.29, 0.717) is 0 Å². The zero-order valence-electron chi connectivity index (χ0n) is 10.6. The molecule has 0 aliphatic carbocycles. The first-order valence-corrected chi connectivity index (χ1v) is 5.94. The average molecular weight is 230 g/mol. The third kappa shape index (κ3) is 2.59. The maximum absolute atomic E-state index is 9.14. The number of para-hydroxylation sites is 1. The van der Waals surface area contributed by atoms with Crippen LogP contribution in [0.3, 0.4) is 0 Å². The van der Waals surface area contributed by atoms with Crippen LogP contribution in [0.15, 0.2) is 24.3 Å². The van der Waals surface area contributed by atoms with Gasteiger partial charge in [0, 0.05) is 13.1 Å². The van der Waals surface area contributed by atoms with Crippen LogP contribution in [-0.4, -0.2) is 24.8 Å². The quantitative estimate of drug-likeness (QED) is 0.744. The summed E-state index contributed by atoms with van der Waals surface area (Å²) in [6.07, 6.45) is 0.186. The van der Waals surface area contributed by atoms with E-state index in [4.69, 9.17) is 10.00 Å². The maximum atomic E-state index is 9.14. The highest BCUT2D eigenvalue weighted by molar-refractivity contribution is 5.59. The minimum atomic E-state index is -0.166. The second kappa shape index (κ2) is 4.38. The molecule has 0 radical (unpaired) electrons. The fourth-order valence-corrected chi connectivity index (χ4v) is 2.48. The van der Waals surface area contributed by atoms with Crippen molar-refractivity contribution in [3.63, 3.8) is 0 Å². The third-order valence-electron chi connectivity index (χ3n) is 2.93. The Balaban J connectivity index is 2.31. The number of hydrogen-bond donors (Lipinski definition) is 0. The van der Waals surface area contributed by atoms with E-state index in [1.165, 1.54) is 0 Å². The van der Waals surface area contributed by atoms with E-state index in [1.807, 2.05) is 24.3 Å². The molecular formula is C14H18N2O. The van der Waals surface area contributed by atoms with Gasteiger partial charge in [-0.25, -0.2) is 0 Å². The fraction of sp³-hybridized carbons (Fsp3) is 0.500. The molecule has 3 heteroatoms. The van der Waals surface area contributed by atoms with Crippen molar-refractivity contribution >= 4 is 5.69 Å². The molecule has 17 heavy (non-hydrogen) atoms. The van der Waals surface area contributed by atoms with Crippen molar-refractivity contribution in [2.75, 3.05) is 18.0 Å². The summed E-state index contributed by atoms with van der Waals surface area (Å²) < 4.78 is 5.87. The zero-order valence-corrected chi connectivity index (χ0v) is 10.6. The van der Waals surface area contributed by atoms with E-state index >= 15 is 0 Å². The van der Waals surface area contributed by atoms with Gasteiger partial charge in [-0.05, 0) is 32.9 Å². The number of anilines is 1. The predicted octanol–water partition coefficient (Wildman–Crippen LogP) is 2.56. The van der Waals surface area contributed by atoms with Crippen LogP contribution in [0.25, 0.3) is 0 Å². The number of nitriles is 1. The Labute approximate surface area is 103 Å². The van der Waals surface area contributed by atoms with E-state index in [1.54, 1.807) is 0 Å². The Kier molecular flexibility index (Phi) is 3.08. The van der Waals surface area contributed by atoms with Gasteiger partial charge in [0.15, 0.2) is 0 Å². The molecule has 0 saturated carbocycles. The standard InChI is InChI=1S/C14H18N2O/c1-11-9-16(10-14(2,3)17-11)13-7-5-4-6-12(13)8-15/h4-7,11H,9-10H2,1-3H3. The first-order chi connectivity index (χ1) is 8.02. The molecule has 2 rings (SSSR count). The second-order valence-corrected chi connectivity index (χ2v) is 5.20. The van der Waals surface area contributed by atoms with Gasteiger partial charge < -0.3 is 9.64 Å². The zero-order chi connectivity index (χ0) is 12.5. The van der Waals surface area contributed by atoms with Gasteiger partial charge in [-0.1, -0.05) is 12.1 Å². The van der Waals surface area contributed by atoms with Crippen molar-refractivity contribution < 1.29 is 4.74 Å². The van der Waals surface area contributed by atoms with Crippen LogP contribution in [0.1, 0.15) is 26.3 Å². The normalized spacial score (nSPS) is 23.2. The Morgan fingerprint density at radius 1 is 1.41 bits per heavy atom. The summed E-state index contributed by atoms with van der Waals surface area (Å²) in [7, 11) is 0. The third-order valence-corrected chi connectivity index (χ3v) is 2.93. The van der Waals surface area contributed by atoms with Gasteiger partial charge in [0.05, 0.1) is 23.0 Å². The van der Waals surface area contributed by atoms with E-state index in [0.717, 1.165) is 24.3 Å². The van der Waals surface area contributed by atoms with Gasteiger partial charge in [0.25, 0.3) is 0 Å². The van der Waals surface area contributed by atoms with Gasteiger partial charge in [-0.3, -0.25) is 0 Å². The van der Waals surface area contributed by atoms with E-state index in [9.17, 15) is 0 Å². The highest BCUT2D eigenvalue weighted by Crippen LogP contribution is 2.27. The number of rotatable bonds is 1. The smallest absolute Gasteiger partial charge is 0.101 e. The lowest BCUT2D eigenvalue weighted by Gasteiger charge is -2.43. The molecule has 0 spiro atoms. The molecule has 1 fully saturated rings. The Morgan fingerprint density at radius 3 is 2.76 bits per heavy atom. The molecule has 0 bridgehead atoms. The highest BCUT2D eigenvalue weighted by atomic mass is 16.5. The molecule has 1 aromatic carbocycles. The van der Waals surface area contributed by atoms with Gasteiger partial charge in [0.1, 0.15) is 6.07 Å². The van der Waals surface area contributed by atoms with E-state index < -0.39 is 0 Å². The minimum Gasteiger partial charge on any atom is -0.369 e. The lowest BCUT2D eigenvalue weighted by atomic mass is 10.0. The van der Waals surface area contributed by atoms with E-state index in [2.05, 4.69) is 31.7 Å². The molecule has 0 N–H and O–H groups in total. The van der Waals surface area contributed by atoms with Crippen LogP contribution < -0.4 is 4.90 Å². The van der Waals surface area contributed by atoms with Crippen LogP contribution >= 0.6 is 0 Å². The summed E-state index contributed by atoms with van der Waals surface area (Å²) >= 11 is 0. The summed E-state index contributed by atoms with van der Waals surface area (Å²) in [5.74, 6) is 0. The van der Waals surface area contributed by atoms with Crippen LogP contribution in [0.2, 0.25) is 0 Å².